The van der Waals surface area contributed by atoms with Crippen LogP contribution in [0.25, 0.3) is 0 Å². The number of aromatic amines is 1. The zero-order valence-corrected chi connectivity index (χ0v) is 15.0. The van der Waals surface area contributed by atoms with Crippen molar-refractivity contribution >= 4 is 5.78 Å². The Morgan fingerprint density at radius 2 is 1.86 bits per heavy atom. The van der Waals surface area contributed by atoms with Crippen molar-refractivity contribution in [1.82, 2.24) is 9.97 Å². The van der Waals surface area contributed by atoms with Gasteiger partial charge in [0.1, 0.15) is 17.3 Å². The molecule has 0 unspecified atom stereocenters. The van der Waals surface area contributed by atoms with Crippen molar-refractivity contribution in [3.8, 4) is 5.75 Å². The molecule has 0 spiro atoms. The maximum absolute atomic E-state index is 12.8. The van der Waals surface area contributed by atoms with E-state index in [1.807, 2.05) is 0 Å². The van der Waals surface area contributed by atoms with E-state index in [-0.39, 0.29) is 41.0 Å². The Labute approximate surface area is 158 Å². The van der Waals surface area contributed by atoms with Crippen LogP contribution in [0.2, 0.25) is 0 Å². The van der Waals surface area contributed by atoms with Gasteiger partial charge in [-0.3, -0.25) is 9.59 Å². The number of carbonyl (C=O) groups is 1. The second-order valence-corrected chi connectivity index (χ2v) is 7.48. The molecule has 2 saturated carbocycles. The van der Waals surface area contributed by atoms with Gasteiger partial charge in [0.15, 0.2) is 5.78 Å². The Bertz CT molecular complexity index is 929. The number of H-pyrrole nitrogens is 1. The molecule has 0 radical (unpaired) electrons. The van der Waals surface area contributed by atoms with E-state index in [2.05, 4.69) is 14.7 Å². The van der Waals surface area contributed by atoms with Gasteiger partial charge in [0.2, 0.25) is 0 Å². The fourth-order valence-corrected chi connectivity index (χ4v) is 3.45. The summed E-state index contributed by atoms with van der Waals surface area (Å²) in [6.45, 7) is 0. The topological polar surface area (TPSA) is 72.1 Å². The van der Waals surface area contributed by atoms with Gasteiger partial charge in [0.05, 0.1) is 0 Å². The highest BCUT2D eigenvalue weighted by atomic mass is 19.4. The third-order valence-electron chi connectivity index (χ3n) is 5.15. The van der Waals surface area contributed by atoms with Crippen LogP contribution in [0.15, 0.2) is 35.1 Å². The van der Waals surface area contributed by atoms with Crippen molar-refractivity contribution in [2.75, 3.05) is 0 Å². The zero-order chi connectivity index (χ0) is 19.9. The summed E-state index contributed by atoms with van der Waals surface area (Å²) in [5.74, 6) is 0.470. The number of alkyl halides is 3. The summed E-state index contributed by atoms with van der Waals surface area (Å²) in [6, 6.07) is 6.88. The summed E-state index contributed by atoms with van der Waals surface area (Å²) in [5.41, 5.74) is 0.614. The van der Waals surface area contributed by atoms with Crippen LogP contribution in [0.4, 0.5) is 13.2 Å². The highest BCUT2D eigenvalue weighted by molar-refractivity contribution is 5.94. The van der Waals surface area contributed by atoms with E-state index >= 15 is 0 Å². The normalized spacial score (nSPS) is 18.0. The molecule has 0 bridgehead atoms. The van der Waals surface area contributed by atoms with E-state index in [0.717, 1.165) is 31.2 Å². The summed E-state index contributed by atoms with van der Waals surface area (Å²) in [7, 11) is 0. The molecule has 1 heterocycles. The first kappa shape index (κ1) is 18.7. The van der Waals surface area contributed by atoms with Gasteiger partial charge >= 0.3 is 6.36 Å². The Morgan fingerprint density at radius 3 is 2.43 bits per heavy atom. The Balaban J connectivity index is 1.51. The molecule has 0 saturated heterocycles. The van der Waals surface area contributed by atoms with Crippen LogP contribution in [0, 0.1) is 5.92 Å². The highest BCUT2D eigenvalue weighted by Gasteiger charge is 2.35. The number of benzene rings is 1. The number of aromatic nitrogens is 2. The molecule has 8 heteroatoms. The largest absolute Gasteiger partial charge is 0.573 e. The van der Waals surface area contributed by atoms with Crippen molar-refractivity contribution in [3.05, 3.63) is 57.8 Å². The molecule has 5 nitrogen and oxygen atoms in total. The van der Waals surface area contributed by atoms with Crippen molar-refractivity contribution < 1.29 is 22.7 Å². The van der Waals surface area contributed by atoms with Gasteiger partial charge in [-0.2, -0.15) is 0 Å². The average Bonchev–Trinajstić information content (AvgIpc) is 3.52. The molecule has 2 aliphatic rings. The SMILES string of the molecule is O=C(C[C@@H](c1ccc(OC(F)(F)F)cc1)C1CC1)c1cc(=O)[nH]c(C2CC2)n1. The van der Waals surface area contributed by atoms with Crippen molar-refractivity contribution in [2.45, 2.75) is 50.3 Å². The number of ether oxygens (including phenoxy) is 1. The van der Waals surface area contributed by atoms with Crippen LogP contribution >= 0.6 is 0 Å². The summed E-state index contributed by atoms with van der Waals surface area (Å²) in [6.07, 6.45) is -0.720. The third-order valence-corrected chi connectivity index (χ3v) is 5.15. The van der Waals surface area contributed by atoms with Gasteiger partial charge in [-0.05, 0) is 55.2 Å². The molecule has 0 aliphatic heterocycles. The van der Waals surface area contributed by atoms with Gasteiger partial charge in [-0.25, -0.2) is 4.98 Å². The molecule has 1 aromatic heterocycles. The summed E-state index contributed by atoms with van der Waals surface area (Å²) >= 11 is 0. The van der Waals surface area contributed by atoms with Crippen molar-refractivity contribution in [1.29, 1.82) is 0 Å². The molecule has 148 valence electrons. The smallest absolute Gasteiger partial charge is 0.406 e. The molecule has 4 rings (SSSR count). The second kappa shape index (κ2) is 7.07. The first-order valence-electron chi connectivity index (χ1n) is 9.28. The van der Waals surface area contributed by atoms with Crippen LogP contribution in [0.1, 0.15) is 65.8 Å². The molecule has 1 N–H and O–H groups in total. The van der Waals surface area contributed by atoms with Crippen molar-refractivity contribution in [2.24, 2.45) is 5.92 Å². The lowest BCUT2D eigenvalue weighted by Crippen LogP contribution is -2.18. The average molecular weight is 392 g/mol. The Morgan fingerprint density at radius 1 is 1.18 bits per heavy atom. The number of nitrogens with zero attached hydrogens (tertiary/aromatic N) is 1. The number of hydrogen-bond acceptors (Lipinski definition) is 4. The lowest BCUT2D eigenvalue weighted by Gasteiger charge is -2.17. The number of rotatable bonds is 7. The number of Topliss-reactive ketones (excluding diaryl/α,β-unsaturated/α-hetero) is 1. The van der Waals surface area contributed by atoms with Crippen LogP contribution in [-0.4, -0.2) is 22.1 Å². The molecule has 0 amide bonds. The molecule has 2 fully saturated rings. The van der Waals surface area contributed by atoms with E-state index in [1.165, 1.54) is 18.2 Å². The van der Waals surface area contributed by atoms with Gasteiger partial charge in [-0.1, -0.05) is 12.1 Å². The van der Waals surface area contributed by atoms with Crippen LogP contribution in [0.5, 0.6) is 5.75 Å². The standard InChI is InChI=1S/C20H19F3N2O3/c21-20(22,23)28-14-7-5-12(6-8-14)15(11-1-2-11)9-17(26)16-10-18(27)25-19(24-16)13-3-4-13/h5-8,10-11,13,15H,1-4,9H2,(H,24,25,27)/t15-/m1/s1. The van der Waals surface area contributed by atoms with Crippen LogP contribution in [0.3, 0.4) is 0 Å². The van der Waals surface area contributed by atoms with Crippen molar-refractivity contribution in [3.63, 3.8) is 0 Å². The molecule has 28 heavy (non-hydrogen) atoms. The minimum absolute atomic E-state index is 0.113. The predicted octanol–water partition coefficient (Wildman–Crippen LogP) is 4.31. The fourth-order valence-electron chi connectivity index (χ4n) is 3.45. The zero-order valence-electron chi connectivity index (χ0n) is 15.0. The van der Waals surface area contributed by atoms with E-state index in [4.69, 9.17) is 0 Å². The predicted molar refractivity (Wildman–Crippen MR) is 94.4 cm³/mol. The van der Waals surface area contributed by atoms with Gasteiger partial charge in [0.25, 0.3) is 5.56 Å². The number of halogens is 3. The van der Waals surface area contributed by atoms with E-state index in [0.29, 0.717) is 11.7 Å². The maximum atomic E-state index is 12.8. The minimum Gasteiger partial charge on any atom is -0.406 e. The maximum Gasteiger partial charge on any atom is 0.573 e. The van der Waals surface area contributed by atoms with Gasteiger partial charge < -0.3 is 9.72 Å². The monoisotopic (exact) mass is 392 g/mol. The summed E-state index contributed by atoms with van der Waals surface area (Å²) in [4.78, 5) is 31.6. The van der Waals surface area contributed by atoms with Crippen LogP contribution < -0.4 is 10.3 Å². The Hall–Kier alpha value is -2.64. The molecule has 1 atom stereocenters. The molecule has 2 aromatic rings. The molecule has 2 aliphatic carbocycles. The van der Waals surface area contributed by atoms with Gasteiger partial charge in [-0.15, -0.1) is 13.2 Å². The second-order valence-electron chi connectivity index (χ2n) is 7.48. The van der Waals surface area contributed by atoms with E-state index in [1.54, 1.807) is 12.1 Å². The highest BCUT2D eigenvalue weighted by Crippen LogP contribution is 2.45. The van der Waals surface area contributed by atoms with Crippen LogP contribution in [-0.2, 0) is 0 Å². The fraction of sp³-hybridized carbons (Fsp3) is 0.450. The first-order valence-corrected chi connectivity index (χ1v) is 9.28. The van der Waals surface area contributed by atoms with Gasteiger partial charge in [0, 0.05) is 18.4 Å². The number of ketones is 1. The summed E-state index contributed by atoms with van der Waals surface area (Å²) in [5, 5.41) is 0. The first-order chi connectivity index (χ1) is 13.3. The Kier molecular flexibility index (Phi) is 4.72. The number of hydrogen-bond donors (Lipinski definition) is 1. The van der Waals surface area contributed by atoms with E-state index < -0.39 is 6.36 Å². The minimum atomic E-state index is -4.74. The quantitative estimate of drug-likeness (QED) is 0.713. The van der Waals surface area contributed by atoms with E-state index in [9.17, 15) is 22.8 Å². The summed E-state index contributed by atoms with van der Waals surface area (Å²) < 4.78 is 40.9. The third kappa shape index (κ3) is 4.61. The molecular weight excluding hydrogens is 373 g/mol. The lowest BCUT2D eigenvalue weighted by atomic mass is 9.88. The molecular formula is C20H19F3N2O3. The molecule has 1 aromatic carbocycles. The number of nitrogens with one attached hydrogen (secondary N) is 1. The number of carbonyl (C=O) groups excluding carboxylic acids is 1. The lowest BCUT2D eigenvalue weighted by molar-refractivity contribution is -0.274.